The summed E-state index contributed by atoms with van der Waals surface area (Å²) in [5, 5.41) is 0. The summed E-state index contributed by atoms with van der Waals surface area (Å²) in [6.45, 7) is 3.49. The van der Waals surface area contributed by atoms with Gasteiger partial charge in [0.25, 0.3) is 0 Å². The van der Waals surface area contributed by atoms with Crippen molar-refractivity contribution in [2.45, 2.75) is 13.8 Å². The van der Waals surface area contributed by atoms with E-state index in [4.69, 9.17) is 4.89 Å². The second kappa shape index (κ2) is 9.78. The zero-order valence-electron chi connectivity index (χ0n) is 9.81. The van der Waals surface area contributed by atoms with Crippen molar-refractivity contribution >= 4 is 36.1 Å². The molecule has 18 heavy (non-hydrogen) atoms. The molecule has 0 aliphatic heterocycles. The van der Waals surface area contributed by atoms with Gasteiger partial charge in [0.1, 0.15) is 0 Å². The Hall–Kier alpha value is -0.101. The Morgan fingerprint density at radius 2 is 1.89 bits per heavy atom. The van der Waals surface area contributed by atoms with Gasteiger partial charge in [-0.1, -0.05) is 0 Å². The minimum atomic E-state index is -4.37. The molecule has 1 atom stereocenters. The SMILES string of the molecule is CCO[Se](=O)(=O)OCC.O=[P+](O)Oc1ccc[se]1. The Bertz CT molecular complexity index is 416. The van der Waals surface area contributed by atoms with Gasteiger partial charge in [-0.3, -0.25) is 0 Å². The van der Waals surface area contributed by atoms with E-state index in [1.807, 2.05) is 11.0 Å². The van der Waals surface area contributed by atoms with Crippen LogP contribution in [0.3, 0.4) is 0 Å². The van der Waals surface area contributed by atoms with E-state index in [9.17, 15) is 12.2 Å². The molecule has 0 saturated heterocycles. The summed E-state index contributed by atoms with van der Waals surface area (Å²) in [5.74, 6) is 0. The molecule has 104 valence electrons. The van der Waals surface area contributed by atoms with Crippen LogP contribution < -0.4 is 4.52 Å². The molecule has 1 N–H and O–H groups in total. The van der Waals surface area contributed by atoms with E-state index >= 15 is 0 Å². The molecule has 0 aliphatic carbocycles. The van der Waals surface area contributed by atoms with Crippen molar-refractivity contribution in [2.75, 3.05) is 13.2 Å². The molecule has 0 amide bonds. The fourth-order valence-corrected chi connectivity index (χ4v) is 3.94. The fraction of sp³-hybridized carbons (Fsp3) is 0.500. The molecular weight excluding hydrogens is 397 g/mol. The standard InChI is InChI=1S/C4H10O4Se.C4H3O3PSe/c1-3-7-9(5,6)8-4-2;5-8(6)7-4-2-1-3-9-4/h3-4H2,1-2H3;1-3H/p+1. The van der Waals surface area contributed by atoms with Crippen LogP contribution >= 0.6 is 8.25 Å². The van der Waals surface area contributed by atoms with Gasteiger partial charge in [-0.05, 0) is 0 Å². The van der Waals surface area contributed by atoms with Gasteiger partial charge in [0.2, 0.25) is 0 Å². The van der Waals surface area contributed by atoms with E-state index in [2.05, 4.69) is 12.2 Å². The maximum absolute atomic E-state index is 10.5. The second-order valence-electron chi connectivity index (χ2n) is 2.48. The zero-order valence-corrected chi connectivity index (χ0v) is 14.1. The average Bonchev–Trinajstić information content (AvgIpc) is 2.69. The molecule has 1 heterocycles. The summed E-state index contributed by atoms with van der Waals surface area (Å²) in [4.78, 5) is 10.2. The molecule has 10 heteroatoms. The first-order valence-electron chi connectivity index (χ1n) is 4.82. The van der Waals surface area contributed by atoms with E-state index < -0.39 is 21.6 Å². The van der Waals surface area contributed by atoms with E-state index in [-0.39, 0.29) is 27.7 Å². The molecule has 0 fully saturated rings. The Kier molecular flexibility index (Phi) is 9.73. The van der Waals surface area contributed by atoms with Crippen LogP contribution in [-0.4, -0.2) is 46.0 Å². The van der Waals surface area contributed by atoms with Crippen molar-refractivity contribution in [3.63, 3.8) is 0 Å². The third-order valence-corrected chi connectivity index (χ3v) is 5.58. The predicted octanol–water partition coefficient (Wildman–Crippen LogP) is 1.13. The molecule has 1 aromatic heterocycles. The second-order valence-corrected chi connectivity index (χ2v) is 7.75. The van der Waals surface area contributed by atoms with Gasteiger partial charge < -0.3 is 0 Å². The molecule has 0 aliphatic rings. The van der Waals surface area contributed by atoms with Gasteiger partial charge in [0.05, 0.1) is 0 Å². The summed E-state index contributed by atoms with van der Waals surface area (Å²) in [5.41, 5.74) is 0. The fourth-order valence-electron chi connectivity index (χ4n) is 0.715. The van der Waals surface area contributed by atoms with Crippen molar-refractivity contribution in [3.05, 3.63) is 17.1 Å². The molecule has 0 radical (unpaired) electrons. The number of hydrogen-bond acceptors (Lipinski definition) is 6. The van der Waals surface area contributed by atoms with E-state index in [0.29, 0.717) is 4.62 Å². The molecule has 7 nitrogen and oxygen atoms in total. The topological polar surface area (TPSA) is 99.1 Å². The molecule has 1 aromatic rings. The summed E-state index contributed by atoms with van der Waals surface area (Å²) >= 11 is -4.23. The minimum absolute atomic E-state index is 0.133. The number of hydrogen-bond donors (Lipinski definition) is 1. The third kappa shape index (κ3) is 9.88. The van der Waals surface area contributed by atoms with E-state index in [0.717, 1.165) is 0 Å². The molecule has 0 saturated carbocycles. The molecule has 0 bridgehead atoms. The van der Waals surface area contributed by atoms with Crippen LogP contribution in [0.5, 0.6) is 4.62 Å². The van der Waals surface area contributed by atoms with Crippen molar-refractivity contribution in [1.29, 1.82) is 0 Å². The van der Waals surface area contributed by atoms with Gasteiger partial charge in [-0.15, -0.1) is 0 Å². The van der Waals surface area contributed by atoms with Gasteiger partial charge in [-0.25, -0.2) is 0 Å². The van der Waals surface area contributed by atoms with Crippen LogP contribution in [-0.2, 0) is 19.9 Å². The molecule has 0 spiro atoms. The first-order valence-corrected chi connectivity index (χ1v) is 10.6. The monoisotopic (exact) mass is 413 g/mol. The van der Waals surface area contributed by atoms with Crippen LogP contribution in [0.15, 0.2) is 17.1 Å². The van der Waals surface area contributed by atoms with Gasteiger partial charge in [-0.2, -0.15) is 0 Å². The predicted molar refractivity (Wildman–Crippen MR) is 64.2 cm³/mol. The molecule has 0 aromatic carbocycles. The normalized spacial score (nSPS) is 11.4. The van der Waals surface area contributed by atoms with Gasteiger partial charge in [0.15, 0.2) is 0 Å². The van der Waals surface area contributed by atoms with Crippen molar-refractivity contribution in [2.24, 2.45) is 0 Å². The van der Waals surface area contributed by atoms with Crippen LogP contribution in [0.4, 0.5) is 0 Å². The summed E-state index contributed by atoms with van der Waals surface area (Å²) < 4.78 is 44.6. The molecule has 1 rings (SSSR count). The van der Waals surface area contributed by atoms with E-state index in [1.54, 1.807) is 19.9 Å². The molecule has 1 unspecified atom stereocenters. The van der Waals surface area contributed by atoms with Crippen LogP contribution in [0.2, 0.25) is 0 Å². The Morgan fingerprint density at radius 1 is 1.33 bits per heavy atom. The van der Waals surface area contributed by atoms with Crippen molar-refractivity contribution < 1.29 is 29.3 Å². The van der Waals surface area contributed by atoms with E-state index in [1.165, 1.54) is 0 Å². The first kappa shape index (κ1) is 17.9. The Morgan fingerprint density at radius 3 is 2.22 bits per heavy atom. The Labute approximate surface area is 114 Å². The summed E-state index contributed by atoms with van der Waals surface area (Å²) in [7, 11) is -2.45. The quantitative estimate of drug-likeness (QED) is 0.554. The Balaban J connectivity index is 0.000000321. The zero-order chi connectivity index (χ0) is 14.0. The summed E-state index contributed by atoms with van der Waals surface area (Å²) in [6, 6.07) is 3.51. The average molecular weight is 411 g/mol. The maximum atomic E-state index is 10.5. The van der Waals surface area contributed by atoms with Gasteiger partial charge >= 0.3 is 114 Å². The van der Waals surface area contributed by atoms with Crippen molar-refractivity contribution in [3.8, 4) is 4.62 Å². The third-order valence-electron chi connectivity index (χ3n) is 1.19. The van der Waals surface area contributed by atoms with Crippen LogP contribution in [0.1, 0.15) is 13.8 Å². The number of rotatable bonds is 6. The van der Waals surface area contributed by atoms with Crippen molar-refractivity contribution in [1.82, 2.24) is 0 Å². The molecular formula is C8H14O7PSe2+. The first-order chi connectivity index (χ1) is 8.41. The van der Waals surface area contributed by atoms with Crippen LogP contribution in [0, 0.1) is 0 Å². The van der Waals surface area contributed by atoms with Gasteiger partial charge in [0, 0.05) is 0 Å². The summed E-state index contributed by atoms with van der Waals surface area (Å²) in [6.07, 6.45) is 0. The van der Waals surface area contributed by atoms with Crippen LogP contribution in [0.25, 0.3) is 0 Å².